The Labute approximate surface area is 107 Å². The highest BCUT2D eigenvalue weighted by molar-refractivity contribution is 6.04. The zero-order valence-electron chi connectivity index (χ0n) is 10.4. The molecule has 0 spiro atoms. The molecule has 4 nitrogen and oxygen atoms in total. The first kappa shape index (κ1) is 12.3. The fraction of sp³-hybridized carbons (Fsp3) is 0.357. The second-order valence-corrected chi connectivity index (χ2v) is 4.34. The number of carbonyl (C=O) groups is 1. The van der Waals surface area contributed by atoms with Gasteiger partial charge in [0.05, 0.1) is 24.7 Å². The van der Waals surface area contributed by atoms with Crippen molar-refractivity contribution in [2.75, 3.05) is 6.54 Å². The molecule has 0 saturated carbocycles. The van der Waals surface area contributed by atoms with Crippen LogP contribution in [-0.2, 0) is 4.79 Å². The molecule has 0 aromatic heterocycles. The maximum atomic E-state index is 11.6. The van der Waals surface area contributed by atoms with Gasteiger partial charge in [0.15, 0.2) is 0 Å². The van der Waals surface area contributed by atoms with E-state index in [1.54, 1.807) is 0 Å². The SMILES string of the molecule is Cc1ccc(C2=NN(CCC#N)C(=O)CC2)cc1. The van der Waals surface area contributed by atoms with E-state index in [0.717, 1.165) is 11.3 Å². The summed E-state index contributed by atoms with van der Waals surface area (Å²) in [5, 5.41) is 14.3. The number of rotatable bonds is 3. The van der Waals surface area contributed by atoms with Crippen molar-refractivity contribution in [3.8, 4) is 6.07 Å². The van der Waals surface area contributed by atoms with Crippen LogP contribution in [0.25, 0.3) is 0 Å². The van der Waals surface area contributed by atoms with E-state index in [1.165, 1.54) is 10.6 Å². The highest BCUT2D eigenvalue weighted by atomic mass is 16.2. The van der Waals surface area contributed by atoms with Crippen molar-refractivity contribution < 1.29 is 4.79 Å². The molecule has 1 aromatic carbocycles. The molecule has 2 rings (SSSR count). The van der Waals surface area contributed by atoms with Crippen LogP contribution < -0.4 is 0 Å². The molecule has 0 atom stereocenters. The third-order valence-corrected chi connectivity index (χ3v) is 2.93. The van der Waals surface area contributed by atoms with Gasteiger partial charge in [0.2, 0.25) is 5.91 Å². The average molecular weight is 241 g/mol. The number of nitrogens with zero attached hydrogens (tertiary/aromatic N) is 3. The van der Waals surface area contributed by atoms with Crippen molar-refractivity contribution in [1.29, 1.82) is 5.26 Å². The predicted molar refractivity (Wildman–Crippen MR) is 68.9 cm³/mol. The number of carbonyl (C=O) groups excluding carboxylic acids is 1. The molecule has 0 fully saturated rings. The number of amides is 1. The lowest BCUT2D eigenvalue weighted by Crippen LogP contribution is -2.32. The fourth-order valence-corrected chi connectivity index (χ4v) is 1.88. The Morgan fingerprint density at radius 3 is 2.72 bits per heavy atom. The van der Waals surface area contributed by atoms with Crippen LogP contribution in [0.1, 0.15) is 30.4 Å². The van der Waals surface area contributed by atoms with Gasteiger partial charge in [-0.3, -0.25) is 4.79 Å². The Morgan fingerprint density at radius 2 is 2.06 bits per heavy atom. The molecule has 0 bridgehead atoms. The fourth-order valence-electron chi connectivity index (χ4n) is 1.88. The van der Waals surface area contributed by atoms with Crippen LogP contribution >= 0.6 is 0 Å². The van der Waals surface area contributed by atoms with E-state index in [2.05, 4.69) is 5.10 Å². The number of benzene rings is 1. The lowest BCUT2D eigenvalue weighted by Gasteiger charge is -2.22. The van der Waals surface area contributed by atoms with Crippen LogP contribution in [0.4, 0.5) is 0 Å². The first-order chi connectivity index (χ1) is 8.70. The molecule has 1 heterocycles. The molecule has 0 unspecified atom stereocenters. The molecule has 1 aromatic rings. The summed E-state index contributed by atoms with van der Waals surface area (Å²) in [5.74, 6) is 0.00103. The second kappa shape index (κ2) is 5.46. The van der Waals surface area contributed by atoms with Crippen LogP contribution in [0.2, 0.25) is 0 Å². The van der Waals surface area contributed by atoms with Crippen molar-refractivity contribution in [2.45, 2.75) is 26.2 Å². The summed E-state index contributed by atoms with van der Waals surface area (Å²) in [6.45, 7) is 2.42. The van der Waals surface area contributed by atoms with Gasteiger partial charge in [-0.15, -0.1) is 0 Å². The minimum atomic E-state index is 0.00103. The van der Waals surface area contributed by atoms with E-state index in [0.29, 0.717) is 25.8 Å². The summed E-state index contributed by atoms with van der Waals surface area (Å²) in [4.78, 5) is 11.6. The van der Waals surface area contributed by atoms with Gasteiger partial charge < -0.3 is 0 Å². The van der Waals surface area contributed by atoms with Crippen LogP contribution in [0.15, 0.2) is 29.4 Å². The van der Waals surface area contributed by atoms with E-state index in [1.807, 2.05) is 37.3 Å². The summed E-state index contributed by atoms with van der Waals surface area (Å²) in [5.41, 5.74) is 3.18. The Morgan fingerprint density at radius 1 is 1.33 bits per heavy atom. The number of nitriles is 1. The molecule has 1 amide bonds. The molecule has 0 saturated heterocycles. The van der Waals surface area contributed by atoms with E-state index >= 15 is 0 Å². The maximum Gasteiger partial charge on any atom is 0.243 e. The quantitative estimate of drug-likeness (QED) is 0.814. The minimum absolute atomic E-state index is 0.00103. The van der Waals surface area contributed by atoms with Gasteiger partial charge in [-0.05, 0) is 12.5 Å². The van der Waals surface area contributed by atoms with Crippen molar-refractivity contribution in [3.05, 3.63) is 35.4 Å². The Kier molecular flexibility index (Phi) is 3.73. The smallest absolute Gasteiger partial charge is 0.243 e. The number of hydrogen-bond donors (Lipinski definition) is 0. The molecule has 0 radical (unpaired) electrons. The van der Waals surface area contributed by atoms with Crippen LogP contribution in [0, 0.1) is 18.3 Å². The van der Waals surface area contributed by atoms with Crippen LogP contribution in [0.5, 0.6) is 0 Å². The molecule has 1 aliphatic rings. The monoisotopic (exact) mass is 241 g/mol. The molecule has 0 N–H and O–H groups in total. The minimum Gasteiger partial charge on any atom is -0.273 e. The van der Waals surface area contributed by atoms with Gasteiger partial charge >= 0.3 is 0 Å². The summed E-state index contributed by atoms with van der Waals surface area (Å²) in [6, 6.07) is 10.1. The van der Waals surface area contributed by atoms with Crippen molar-refractivity contribution in [2.24, 2.45) is 5.10 Å². The zero-order chi connectivity index (χ0) is 13.0. The Bertz CT molecular complexity index is 511. The molecule has 18 heavy (non-hydrogen) atoms. The summed E-state index contributed by atoms with van der Waals surface area (Å²) < 4.78 is 0. The molecule has 1 aliphatic heterocycles. The van der Waals surface area contributed by atoms with E-state index < -0.39 is 0 Å². The standard InChI is InChI=1S/C14H15N3O/c1-11-3-5-12(6-4-11)13-7-8-14(18)17(16-13)10-2-9-15/h3-6H,2,7-8,10H2,1H3. The van der Waals surface area contributed by atoms with Gasteiger partial charge in [-0.1, -0.05) is 29.8 Å². The largest absolute Gasteiger partial charge is 0.273 e. The normalized spacial score (nSPS) is 15.2. The third kappa shape index (κ3) is 2.75. The first-order valence-electron chi connectivity index (χ1n) is 6.02. The summed E-state index contributed by atoms with van der Waals surface area (Å²) >= 11 is 0. The van der Waals surface area contributed by atoms with Crippen molar-refractivity contribution in [1.82, 2.24) is 5.01 Å². The van der Waals surface area contributed by atoms with Crippen LogP contribution in [0.3, 0.4) is 0 Å². The van der Waals surface area contributed by atoms with E-state index in [-0.39, 0.29) is 5.91 Å². The van der Waals surface area contributed by atoms with Gasteiger partial charge in [0, 0.05) is 12.8 Å². The van der Waals surface area contributed by atoms with Gasteiger partial charge in [-0.25, -0.2) is 5.01 Å². The number of hydrogen-bond acceptors (Lipinski definition) is 3. The second-order valence-electron chi connectivity index (χ2n) is 4.34. The first-order valence-corrected chi connectivity index (χ1v) is 6.02. The third-order valence-electron chi connectivity index (χ3n) is 2.93. The number of aryl methyl sites for hydroxylation is 1. The molecule has 4 heteroatoms. The van der Waals surface area contributed by atoms with Crippen LogP contribution in [-0.4, -0.2) is 23.2 Å². The topological polar surface area (TPSA) is 56.5 Å². The zero-order valence-corrected chi connectivity index (χ0v) is 10.4. The van der Waals surface area contributed by atoms with Crippen molar-refractivity contribution >= 4 is 11.6 Å². The molecule has 92 valence electrons. The van der Waals surface area contributed by atoms with Gasteiger partial charge in [0.1, 0.15) is 0 Å². The number of hydrazone groups is 1. The average Bonchev–Trinajstić information content (AvgIpc) is 2.39. The molecule has 0 aliphatic carbocycles. The highest BCUT2D eigenvalue weighted by Crippen LogP contribution is 2.15. The molecular weight excluding hydrogens is 226 g/mol. The van der Waals surface area contributed by atoms with E-state index in [4.69, 9.17) is 5.26 Å². The summed E-state index contributed by atoms with van der Waals surface area (Å²) in [6.07, 6.45) is 1.46. The van der Waals surface area contributed by atoms with Crippen molar-refractivity contribution in [3.63, 3.8) is 0 Å². The predicted octanol–water partition coefficient (Wildman–Crippen LogP) is 2.24. The van der Waals surface area contributed by atoms with E-state index in [9.17, 15) is 4.79 Å². The van der Waals surface area contributed by atoms with Gasteiger partial charge in [0.25, 0.3) is 0 Å². The Hall–Kier alpha value is -2.15. The highest BCUT2D eigenvalue weighted by Gasteiger charge is 2.20. The lowest BCUT2D eigenvalue weighted by atomic mass is 10.0. The summed E-state index contributed by atoms with van der Waals surface area (Å²) in [7, 11) is 0. The molecular formula is C14H15N3O. The Balaban J connectivity index is 2.20. The van der Waals surface area contributed by atoms with Gasteiger partial charge in [-0.2, -0.15) is 10.4 Å². The maximum absolute atomic E-state index is 11.6. The lowest BCUT2D eigenvalue weighted by molar-refractivity contribution is -0.131.